The third-order valence-electron chi connectivity index (χ3n) is 1.45. The van der Waals surface area contributed by atoms with Gasteiger partial charge in [0.05, 0.1) is 11.3 Å². The molecule has 0 aromatic carbocycles. The summed E-state index contributed by atoms with van der Waals surface area (Å²) >= 11 is 0. The summed E-state index contributed by atoms with van der Waals surface area (Å²) in [5.74, 6) is 1.95. The molecule has 1 heterocycles. The molecular weight excluding hydrogens is 139 g/mol. The molecule has 0 unspecified atom stereocenters. The minimum atomic E-state index is -0.681. The molecule has 60 valence electrons. The van der Waals surface area contributed by atoms with E-state index in [-0.39, 0.29) is 0 Å². The van der Waals surface area contributed by atoms with Gasteiger partial charge in [0.15, 0.2) is 0 Å². The van der Waals surface area contributed by atoms with Crippen molar-refractivity contribution in [3.05, 3.63) is 11.7 Å². The highest BCUT2D eigenvalue weighted by Crippen LogP contribution is 2.17. The number of aliphatic hydroxyl groups is 1. The highest BCUT2D eigenvalue weighted by molar-refractivity contribution is 6.79. The lowest BCUT2D eigenvalue weighted by Crippen LogP contribution is -2.18. The highest BCUT2D eigenvalue weighted by atomic mass is 16.3. The Morgan fingerprint density at radius 3 is 2.73 bits per heavy atom. The molecule has 1 rings (SSSR count). The molecule has 0 fully saturated rings. The van der Waals surface area contributed by atoms with E-state index in [1.807, 2.05) is 5.98 Å². The molecule has 3 nitrogen and oxygen atoms in total. The zero-order valence-electron chi connectivity index (χ0n) is 6.96. The van der Waals surface area contributed by atoms with Crippen molar-refractivity contribution in [2.45, 2.75) is 25.9 Å². The van der Waals surface area contributed by atoms with Crippen LogP contribution in [0.5, 0.6) is 0 Å². The van der Waals surface area contributed by atoms with E-state index in [1.165, 1.54) is 0 Å². The van der Waals surface area contributed by atoms with Crippen LogP contribution in [0.4, 0.5) is 0 Å². The van der Waals surface area contributed by atoms with Gasteiger partial charge in [-0.1, -0.05) is 5.98 Å². The summed E-state index contributed by atoms with van der Waals surface area (Å²) < 4.78 is 0. The van der Waals surface area contributed by atoms with Gasteiger partial charge in [-0.25, -0.2) is 0 Å². The van der Waals surface area contributed by atoms with Gasteiger partial charge >= 0.3 is 0 Å². The molecule has 1 aliphatic rings. The number of nitrogens with two attached hydrogens (primary N) is 1. The standard InChI is InChI=1S/C7H13BN2O/c1-7(2,11)3-5-4-8-6(9)10-5/h4,8,11H,3H2,1-2H3,(H2,9,10). The van der Waals surface area contributed by atoms with E-state index in [1.54, 1.807) is 13.8 Å². The van der Waals surface area contributed by atoms with Crippen LogP contribution in [0.2, 0.25) is 0 Å². The Morgan fingerprint density at radius 1 is 1.73 bits per heavy atom. The molecule has 0 saturated heterocycles. The molecule has 1 aliphatic heterocycles. The van der Waals surface area contributed by atoms with Crippen molar-refractivity contribution in [1.82, 2.24) is 0 Å². The Labute approximate surface area is 67.3 Å². The number of hydrogen-bond donors (Lipinski definition) is 2. The first-order valence-corrected chi connectivity index (χ1v) is 3.72. The smallest absolute Gasteiger partial charge is 0.230 e. The SMILES string of the molecule is CC(C)(O)CC1=CBC(N)=N1. The van der Waals surface area contributed by atoms with E-state index in [4.69, 9.17) is 5.73 Å². The molecule has 11 heavy (non-hydrogen) atoms. The van der Waals surface area contributed by atoms with Gasteiger partial charge in [-0.15, -0.1) is 0 Å². The van der Waals surface area contributed by atoms with Gasteiger partial charge in [-0.05, 0) is 13.8 Å². The molecule has 0 saturated carbocycles. The summed E-state index contributed by atoms with van der Waals surface area (Å²) in [6, 6.07) is 0. The van der Waals surface area contributed by atoms with Crippen LogP contribution in [-0.2, 0) is 0 Å². The fourth-order valence-corrected chi connectivity index (χ4v) is 1.05. The summed E-state index contributed by atoms with van der Waals surface area (Å²) in [6.07, 6.45) is 0.577. The largest absolute Gasteiger partial charge is 0.395 e. The van der Waals surface area contributed by atoms with E-state index in [0.717, 1.165) is 13.0 Å². The first-order chi connectivity index (χ1) is 4.97. The zero-order chi connectivity index (χ0) is 8.48. The van der Waals surface area contributed by atoms with E-state index in [0.29, 0.717) is 12.2 Å². The normalized spacial score (nSPS) is 17.4. The van der Waals surface area contributed by atoms with Crippen molar-refractivity contribution in [3.63, 3.8) is 0 Å². The topological polar surface area (TPSA) is 58.6 Å². The third-order valence-corrected chi connectivity index (χ3v) is 1.45. The van der Waals surface area contributed by atoms with Gasteiger partial charge in [-0.3, -0.25) is 4.99 Å². The minimum absolute atomic E-state index is 0.577. The quantitative estimate of drug-likeness (QED) is 0.536. The molecule has 0 aliphatic carbocycles. The van der Waals surface area contributed by atoms with Crippen molar-refractivity contribution in [2.24, 2.45) is 10.7 Å². The molecule has 0 bridgehead atoms. The first kappa shape index (κ1) is 8.33. The lowest BCUT2D eigenvalue weighted by molar-refractivity contribution is 0.0808. The summed E-state index contributed by atoms with van der Waals surface area (Å²) in [6.45, 7) is 3.52. The van der Waals surface area contributed by atoms with Crippen LogP contribution in [0.25, 0.3) is 0 Å². The zero-order valence-corrected chi connectivity index (χ0v) is 6.96. The van der Waals surface area contributed by atoms with E-state index in [9.17, 15) is 5.11 Å². The van der Waals surface area contributed by atoms with Gasteiger partial charge in [0.2, 0.25) is 7.28 Å². The van der Waals surface area contributed by atoms with Crippen molar-refractivity contribution in [3.8, 4) is 0 Å². The lowest BCUT2D eigenvalue weighted by Gasteiger charge is -2.15. The van der Waals surface area contributed by atoms with Crippen LogP contribution >= 0.6 is 0 Å². The summed E-state index contributed by atoms with van der Waals surface area (Å²) in [4.78, 5) is 4.07. The Bertz CT molecular complexity index is 215. The van der Waals surface area contributed by atoms with Gasteiger partial charge in [-0.2, -0.15) is 0 Å². The molecule has 0 aromatic rings. The number of amidine groups is 1. The van der Waals surface area contributed by atoms with Gasteiger partial charge in [0.25, 0.3) is 0 Å². The van der Waals surface area contributed by atoms with Gasteiger partial charge < -0.3 is 10.8 Å². The Morgan fingerprint density at radius 2 is 2.36 bits per heavy atom. The molecule has 3 N–H and O–H groups in total. The van der Waals surface area contributed by atoms with Crippen LogP contribution in [0, 0.1) is 0 Å². The van der Waals surface area contributed by atoms with E-state index >= 15 is 0 Å². The molecule has 0 radical (unpaired) electrons. The third kappa shape index (κ3) is 2.76. The van der Waals surface area contributed by atoms with Crippen LogP contribution in [-0.4, -0.2) is 23.7 Å². The lowest BCUT2D eigenvalue weighted by atomic mass is 9.78. The van der Waals surface area contributed by atoms with Crippen molar-refractivity contribution < 1.29 is 5.11 Å². The molecule has 0 spiro atoms. The molecule has 0 aromatic heterocycles. The Balaban J connectivity index is 2.53. The maximum atomic E-state index is 9.41. The fourth-order valence-electron chi connectivity index (χ4n) is 1.05. The number of rotatable bonds is 2. The fraction of sp³-hybridized carbons (Fsp3) is 0.571. The second-order valence-corrected chi connectivity index (χ2v) is 3.49. The maximum absolute atomic E-state index is 9.41. The predicted octanol–water partition coefficient (Wildman–Crippen LogP) is -0.246. The number of aliphatic imine (C=N–C) groups is 1. The van der Waals surface area contributed by atoms with E-state index < -0.39 is 5.60 Å². The van der Waals surface area contributed by atoms with E-state index in [2.05, 4.69) is 4.99 Å². The average Bonchev–Trinajstić information content (AvgIpc) is 2.10. The van der Waals surface area contributed by atoms with Gasteiger partial charge in [0, 0.05) is 12.1 Å². The Hall–Kier alpha value is -0.765. The van der Waals surface area contributed by atoms with Crippen molar-refractivity contribution in [1.29, 1.82) is 0 Å². The molecular formula is C7H13BN2O. The molecule has 4 heteroatoms. The Kier molecular flexibility index (Phi) is 2.04. The predicted molar refractivity (Wildman–Crippen MR) is 47.8 cm³/mol. The first-order valence-electron chi connectivity index (χ1n) is 3.72. The second kappa shape index (κ2) is 2.70. The molecule has 0 amide bonds. The summed E-state index contributed by atoms with van der Waals surface area (Å²) in [5, 5.41) is 9.41. The highest BCUT2D eigenvalue weighted by Gasteiger charge is 2.17. The summed E-state index contributed by atoms with van der Waals surface area (Å²) in [5.41, 5.74) is 6.32. The second-order valence-electron chi connectivity index (χ2n) is 3.49. The van der Waals surface area contributed by atoms with Crippen molar-refractivity contribution >= 4 is 13.0 Å². The maximum Gasteiger partial charge on any atom is 0.230 e. The van der Waals surface area contributed by atoms with Crippen LogP contribution in [0.1, 0.15) is 20.3 Å². The van der Waals surface area contributed by atoms with Crippen LogP contribution in [0.3, 0.4) is 0 Å². The average molecular weight is 152 g/mol. The van der Waals surface area contributed by atoms with Gasteiger partial charge in [0.1, 0.15) is 0 Å². The minimum Gasteiger partial charge on any atom is -0.395 e. The molecule has 0 atom stereocenters. The number of hydrogen-bond acceptors (Lipinski definition) is 3. The number of nitrogens with zero attached hydrogens (tertiary/aromatic N) is 1. The summed E-state index contributed by atoms with van der Waals surface area (Å²) in [7, 11) is 0.728. The van der Waals surface area contributed by atoms with Crippen LogP contribution in [0.15, 0.2) is 16.7 Å². The van der Waals surface area contributed by atoms with Crippen molar-refractivity contribution in [2.75, 3.05) is 0 Å². The van der Waals surface area contributed by atoms with Crippen LogP contribution < -0.4 is 5.73 Å². The monoisotopic (exact) mass is 152 g/mol.